The number of phenols is 3. The fraction of sp³-hybridized carbons (Fsp3) is 0.500. The Bertz CT molecular complexity index is 385. The van der Waals surface area contributed by atoms with Crippen LogP contribution in [-0.4, -0.2) is 28.4 Å². The molecule has 1 aliphatic heterocycles. The molecular formula is C12H19ClN2O3. The van der Waals surface area contributed by atoms with Crippen LogP contribution < -0.4 is 11.1 Å². The molecule has 0 aromatic heterocycles. The lowest BCUT2D eigenvalue weighted by atomic mass is 9.86. The van der Waals surface area contributed by atoms with Crippen LogP contribution in [0.5, 0.6) is 17.2 Å². The molecule has 1 aliphatic rings. The average Bonchev–Trinajstić information content (AvgIpc) is 2.28. The number of phenolic OH excluding ortho intramolecular Hbond substituents is 3. The van der Waals surface area contributed by atoms with Crippen molar-refractivity contribution in [3.8, 4) is 17.2 Å². The Balaban J connectivity index is 0.00000162. The molecular weight excluding hydrogens is 256 g/mol. The van der Waals surface area contributed by atoms with Crippen molar-refractivity contribution in [2.24, 2.45) is 11.7 Å². The molecule has 1 heterocycles. The van der Waals surface area contributed by atoms with Gasteiger partial charge in [0.05, 0.1) is 5.56 Å². The predicted molar refractivity (Wildman–Crippen MR) is 71.2 cm³/mol. The Morgan fingerprint density at radius 2 is 1.61 bits per heavy atom. The first kappa shape index (κ1) is 14.9. The van der Waals surface area contributed by atoms with Crippen LogP contribution in [0.2, 0.25) is 0 Å². The standard InChI is InChI=1S/C12H18N2O3.ClH/c13-12(7-1-3-14-4-2-7)11-9(16)5-8(15)6-10(11)17;/h5-7,12,14-17H,1-4,13H2;1H/t12-;/m1./s1. The Hall–Kier alpha value is -1.17. The molecule has 1 atom stereocenters. The van der Waals surface area contributed by atoms with Crippen molar-refractivity contribution in [1.29, 1.82) is 0 Å². The molecule has 1 fully saturated rings. The van der Waals surface area contributed by atoms with Gasteiger partial charge in [-0.25, -0.2) is 0 Å². The normalized spacial score (nSPS) is 18.1. The summed E-state index contributed by atoms with van der Waals surface area (Å²) >= 11 is 0. The molecule has 102 valence electrons. The van der Waals surface area contributed by atoms with Crippen molar-refractivity contribution < 1.29 is 15.3 Å². The summed E-state index contributed by atoms with van der Waals surface area (Å²) in [6.45, 7) is 1.80. The largest absolute Gasteiger partial charge is 0.508 e. The van der Waals surface area contributed by atoms with E-state index in [1.54, 1.807) is 0 Å². The number of benzene rings is 1. The fourth-order valence-electron chi connectivity index (χ4n) is 2.39. The van der Waals surface area contributed by atoms with E-state index in [4.69, 9.17) is 5.73 Å². The molecule has 1 aromatic carbocycles. The van der Waals surface area contributed by atoms with Gasteiger partial charge < -0.3 is 26.4 Å². The number of piperidine rings is 1. The van der Waals surface area contributed by atoms with Gasteiger partial charge in [0.2, 0.25) is 0 Å². The van der Waals surface area contributed by atoms with Crippen molar-refractivity contribution in [2.75, 3.05) is 13.1 Å². The fourth-order valence-corrected chi connectivity index (χ4v) is 2.39. The molecule has 5 nitrogen and oxygen atoms in total. The van der Waals surface area contributed by atoms with Gasteiger partial charge in [0.25, 0.3) is 0 Å². The van der Waals surface area contributed by atoms with Gasteiger partial charge in [-0.3, -0.25) is 0 Å². The van der Waals surface area contributed by atoms with Crippen molar-refractivity contribution in [3.63, 3.8) is 0 Å². The second-order valence-corrected chi connectivity index (χ2v) is 4.51. The quantitative estimate of drug-likeness (QED) is 0.559. The molecule has 2 rings (SSSR count). The van der Waals surface area contributed by atoms with E-state index in [2.05, 4.69) is 5.32 Å². The minimum absolute atomic E-state index is 0. The smallest absolute Gasteiger partial charge is 0.127 e. The van der Waals surface area contributed by atoms with Crippen molar-refractivity contribution in [3.05, 3.63) is 17.7 Å². The lowest BCUT2D eigenvalue weighted by Gasteiger charge is -2.29. The molecule has 0 bridgehead atoms. The third kappa shape index (κ3) is 2.98. The van der Waals surface area contributed by atoms with Crippen LogP contribution in [-0.2, 0) is 0 Å². The van der Waals surface area contributed by atoms with Crippen molar-refractivity contribution >= 4 is 12.4 Å². The highest BCUT2D eigenvalue weighted by molar-refractivity contribution is 5.85. The van der Waals surface area contributed by atoms with E-state index >= 15 is 0 Å². The minimum atomic E-state index is -0.405. The summed E-state index contributed by atoms with van der Waals surface area (Å²) in [6, 6.07) is 2.00. The number of nitrogens with one attached hydrogen (secondary N) is 1. The molecule has 6 N–H and O–H groups in total. The molecule has 0 amide bonds. The Morgan fingerprint density at radius 3 is 2.11 bits per heavy atom. The van der Waals surface area contributed by atoms with Gasteiger partial charge >= 0.3 is 0 Å². The maximum absolute atomic E-state index is 9.76. The van der Waals surface area contributed by atoms with Crippen molar-refractivity contribution in [1.82, 2.24) is 5.32 Å². The lowest BCUT2D eigenvalue weighted by molar-refractivity contribution is 0.308. The molecule has 0 radical (unpaired) electrons. The topological polar surface area (TPSA) is 98.7 Å². The Labute approximate surface area is 112 Å². The predicted octanol–water partition coefficient (Wildman–Crippen LogP) is 1.22. The Morgan fingerprint density at radius 1 is 1.11 bits per heavy atom. The first-order valence-electron chi connectivity index (χ1n) is 5.80. The van der Waals surface area contributed by atoms with Gasteiger partial charge in [0, 0.05) is 18.2 Å². The molecule has 18 heavy (non-hydrogen) atoms. The molecule has 0 spiro atoms. The first-order valence-corrected chi connectivity index (χ1v) is 5.80. The van der Waals surface area contributed by atoms with Gasteiger partial charge in [-0.05, 0) is 31.8 Å². The number of halogens is 1. The van der Waals surface area contributed by atoms with Crippen LogP contribution in [0.15, 0.2) is 12.1 Å². The maximum atomic E-state index is 9.76. The molecule has 0 unspecified atom stereocenters. The van der Waals surface area contributed by atoms with Gasteiger partial charge in [-0.15, -0.1) is 12.4 Å². The molecule has 1 saturated heterocycles. The zero-order chi connectivity index (χ0) is 12.4. The summed E-state index contributed by atoms with van der Waals surface area (Å²) in [5.41, 5.74) is 6.42. The van der Waals surface area contributed by atoms with Crippen LogP contribution >= 0.6 is 12.4 Å². The molecule has 0 saturated carbocycles. The zero-order valence-corrected chi connectivity index (χ0v) is 10.8. The van der Waals surface area contributed by atoms with E-state index in [0.717, 1.165) is 25.9 Å². The third-order valence-electron chi connectivity index (χ3n) is 3.35. The van der Waals surface area contributed by atoms with Gasteiger partial charge in [-0.1, -0.05) is 0 Å². The van der Waals surface area contributed by atoms with E-state index in [0.29, 0.717) is 5.56 Å². The Kier molecular flexibility index (Phi) is 5.07. The highest BCUT2D eigenvalue weighted by Gasteiger charge is 2.26. The number of hydrogen-bond donors (Lipinski definition) is 5. The molecule has 6 heteroatoms. The SMILES string of the molecule is Cl.N[C@@H](c1c(O)cc(O)cc1O)C1CCNCC1. The zero-order valence-electron chi connectivity index (χ0n) is 9.97. The highest BCUT2D eigenvalue weighted by Crippen LogP contribution is 2.40. The summed E-state index contributed by atoms with van der Waals surface area (Å²) in [6.07, 6.45) is 1.84. The van der Waals surface area contributed by atoms with Crippen molar-refractivity contribution in [2.45, 2.75) is 18.9 Å². The van der Waals surface area contributed by atoms with E-state index in [1.165, 1.54) is 12.1 Å². The second-order valence-electron chi connectivity index (χ2n) is 4.51. The first-order chi connectivity index (χ1) is 8.09. The monoisotopic (exact) mass is 274 g/mol. The van der Waals surface area contributed by atoms with Crippen LogP contribution in [0.3, 0.4) is 0 Å². The second kappa shape index (κ2) is 6.13. The third-order valence-corrected chi connectivity index (χ3v) is 3.35. The number of aromatic hydroxyl groups is 3. The lowest BCUT2D eigenvalue weighted by Crippen LogP contribution is -2.33. The summed E-state index contributed by atoms with van der Waals surface area (Å²) in [4.78, 5) is 0. The van der Waals surface area contributed by atoms with Gasteiger partial charge in [0.15, 0.2) is 0 Å². The average molecular weight is 275 g/mol. The number of rotatable bonds is 2. The maximum Gasteiger partial charge on any atom is 0.127 e. The van der Waals surface area contributed by atoms with E-state index in [9.17, 15) is 15.3 Å². The van der Waals surface area contributed by atoms with E-state index < -0.39 is 6.04 Å². The van der Waals surface area contributed by atoms with Crippen LogP contribution in [0, 0.1) is 5.92 Å². The van der Waals surface area contributed by atoms with Crippen LogP contribution in [0.25, 0.3) is 0 Å². The number of hydrogen-bond acceptors (Lipinski definition) is 5. The molecule has 0 aliphatic carbocycles. The highest BCUT2D eigenvalue weighted by atomic mass is 35.5. The summed E-state index contributed by atoms with van der Waals surface area (Å²) in [5, 5.41) is 32.0. The van der Waals surface area contributed by atoms with E-state index in [1.807, 2.05) is 0 Å². The van der Waals surface area contributed by atoms with Gasteiger partial charge in [-0.2, -0.15) is 0 Å². The summed E-state index contributed by atoms with van der Waals surface area (Å²) in [7, 11) is 0. The summed E-state index contributed by atoms with van der Waals surface area (Å²) < 4.78 is 0. The van der Waals surface area contributed by atoms with Gasteiger partial charge in [0.1, 0.15) is 17.2 Å². The van der Waals surface area contributed by atoms with Crippen LogP contribution in [0.1, 0.15) is 24.4 Å². The minimum Gasteiger partial charge on any atom is -0.508 e. The number of nitrogens with two attached hydrogens (primary N) is 1. The van der Waals surface area contributed by atoms with Crippen LogP contribution in [0.4, 0.5) is 0 Å². The summed E-state index contributed by atoms with van der Waals surface area (Å²) in [5.74, 6) is -0.221. The van der Waals surface area contributed by atoms with E-state index in [-0.39, 0.29) is 35.6 Å². The molecule has 1 aromatic rings.